The number of piperazine rings is 2. The van der Waals surface area contributed by atoms with E-state index in [2.05, 4.69) is 20.4 Å². The van der Waals surface area contributed by atoms with E-state index >= 15 is 0 Å². The van der Waals surface area contributed by atoms with Gasteiger partial charge in [-0.2, -0.15) is 13.2 Å². The van der Waals surface area contributed by atoms with Crippen molar-refractivity contribution >= 4 is 5.97 Å². The molecular weight excluding hydrogens is 341 g/mol. The molecule has 0 bridgehead atoms. The van der Waals surface area contributed by atoms with Crippen LogP contribution in [0.2, 0.25) is 0 Å². The molecule has 4 atom stereocenters. The second-order valence-electron chi connectivity index (χ2n) is 7.68. The van der Waals surface area contributed by atoms with Crippen LogP contribution in [-0.4, -0.2) is 90.9 Å². The Balaban J connectivity index is 1.59. The molecule has 3 N–H and O–H groups in total. The van der Waals surface area contributed by atoms with Crippen LogP contribution in [-0.2, 0) is 9.53 Å². The van der Waals surface area contributed by atoms with E-state index in [1.165, 1.54) is 0 Å². The predicted octanol–water partition coefficient (Wildman–Crippen LogP) is -0.110. The molecule has 0 aliphatic carbocycles. The molecule has 4 unspecified atom stereocenters. The highest BCUT2D eigenvalue weighted by Crippen LogP contribution is 2.28. The second-order valence-corrected chi connectivity index (χ2v) is 7.68. The van der Waals surface area contributed by atoms with Gasteiger partial charge in [0.1, 0.15) is 18.4 Å². The number of nitrogens with zero attached hydrogens (tertiary/aromatic N) is 2. The molecule has 0 aromatic heterocycles. The summed E-state index contributed by atoms with van der Waals surface area (Å²) in [5, 5.41) is 14.8. The van der Waals surface area contributed by atoms with Gasteiger partial charge in [0, 0.05) is 38.8 Å². The number of carbonyl (C=O) groups is 1. The summed E-state index contributed by atoms with van der Waals surface area (Å²) in [6, 6.07) is -1.57. The van der Waals surface area contributed by atoms with E-state index < -0.39 is 29.8 Å². The van der Waals surface area contributed by atoms with Crippen molar-refractivity contribution in [2.24, 2.45) is 5.41 Å². The van der Waals surface area contributed by atoms with Gasteiger partial charge < -0.3 is 9.84 Å². The average molecular weight is 366 g/mol. The van der Waals surface area contributed by atoms with Crippen molar-refractivity contribution in [3.05, 3.63) is 0 Å². The lowest BCUT2D eigenvalue weighted by molar-refractivity contribution is -0.207. The summed E-state index contributed by atoms with van der Waals surface area (Å²) in [5.41, 5.74) is -0.842. The maximum absolute atomic E-state index is 12.9. The maximum atomic E-state index is 12.9. The minimum Gasteiger partial charge on any atom is -0.481 e. The Labute approximate surface area is 144 Å². The highest BCUT2D eigenvalue weighted by molar-refractivity contribution is 5.73. The Morgan fingerprint density at radius 2 is 2.04 bits per heavy atom. The number of ether oxygens (including phenoxy) is 1. The fraction of sp³-hybridized carbons (Fsp3) is 0.933. The minimum atomic E-state index is -4.31. The summed E-state index contributed by atoms with van der Waals surface area (Å²) in [6.45, 7) is 5.94. The van der Waals surface area contributed by atoms with Gasteiger partial charge in [-0.3, -0.25) is 25.2 Å². The Kier molecular flexibility index (Phi) is 5.02. The number of rotatable bonds is 3. The topological polar surface area (TPSA) is 77.1 Å². The summed E-state index contributed by atoms with van der Waals surface area (Å²) in [6.07, 6.45) is -5.30. The summed E-state index contributed by atoms with van der Waals surface area (Å²) in [7, 11) is 0. The number of hydrogen-bond acceptors (Lipinski definition) is 6. The molecule has 3 aliphatic heterocycles. The van der Waals surface area contributed by atoms with Gasteiger partial charge in [-0.15, -0.1) is 0 Å². The van der Waals surface area contributed by atoms with E-state index in [4.69, 9.17) is 4.74 Å². The normalized spacial score (nSPS) is 35.1. The highest BCUT2D eigenvalue weighted by atomic mass is 19.4. The van der Waals surface area contributed by atoms with E-state index in [1.807, 2.05) is 0 Å². The Morgan fingerprint density at radius 3 is 2.68 bits per heavy atom. The van der Waals surface area contributed by atoms with Crippen LogP contribution in [0.3, 0.4) is 0 Å². The number of morpholine rings is 1. The van der Waals surface area contributed by atoms with Gasteiger partial charge in [-0.05, 0) is 13.8 Å². The first-order valence-corrected chi connectivity index (χ1v) is 8.47. The molecule has 7 nitrogen and oxygen atoms in total. The van der Waals surface area contributed by atoms with Crippen LogP contribution in [0, 0.1) is 5.41 Å². The molecule has 25 heavy (non-hydrogen) atoms. The lowest BCUT2D eigenvalue weighted by Gasteiger charge is -2.54. The molecule has 0 amide bonds. The molecule has 10 heteroatoms. The third-order valence-electron chi connectivity index (χ3n) is 5.21. The second kappa shape index (κ2) is 6.66. The largest absolute Gasteiger partial charge is 0.481 e. The summed E-state index contributed by atoms with van der Waals surface area (Å²) in [5.74, 6) is -0.841. The van der Waals surface area contributed by atoms with Crippen molar-refractivity contribution < 1.29 is 27.8 Å². The molecule has 3 rings (SSSR count). The van der Waals surface area contributed by atoms with Crippen molar-refractivity contribution in [2.45, 2.75) is 44.5 Å². The molecule has 0 aromatic rings. The van der Waals surface area contributed by atoms with Gasteiger partial charge in [0.2, 0.25) is 0 Å². The fourth-order valence-electron chi connectivity index (χ4n) is 3.77. The third kappa shape index (κ3) is 3.92. The van der Waals surface area contributed by atoms with E-state index in [1.54, 1.807) is 13.8 Å². The van der Waals surface area contributed by atoms with E-state index in [9.17, 15) is 23.1 Å². The minimum absolute atomic E-state index is 0.0383. The molecule has 3 heterocycles. The Morgan fingerprint density at radius 1 is 1.32 bits per heavy atom. The molecule has 144 valence electrons. The zero-order valence-corrected chi connectivity index (χ0v) is 14.3. The van der Waals surface area contributed by atoms with Crippen molar-refractivity contribution in [3.63, 3.8) is 0 Å². The van der Waals surface area contributed by atoms with Crippen LogP contribution >= 0.6 is 0 Å². The Bertz CT molecular complexity index is 517. The number of hydrogen-bond donors (Lipinski definition) is 3. The molecular formula is C15H25F3N4O3. The molecule has 3 saturated heterocycles. The first kappa shape index (κ1) is 18.8. The SMILES string of the molecule is CC(C)(CN1CCN2C(COC3NC(C(F)(F)F)CNC32)C1)C(=O)O. The third-order valence-corrected chi connectivity index (χ3v) is 5.21. The van der Waals surface area contributed by atoms with Crippen LogP contribution in [0.1, 0.15) is 13.8 Å². The van der Waals surface area contributed by atoms with Crippen molar-refractivity contribution in [3.8, 4) is 0 Å². The van der Waals surface area contributed by atoms with E-state index in [0.717, 1.165) is 0 Å². The first-order valence-electron chi connectivity index (χ1n) is 8.47. The summed E-state index contributed by atoms with van der Waals surface area (Å²) in [4.78, 5) is 15.5. The van der Waals surface area contributed by atoms with Crippen LogP contribution in [0.4, 0.5) is 13.2 Å². The number of aliphatic carboxylic acids is 1. The summed E-state index contributed by atoms with van der Waals surface area (Å²) >= 11 is 0. The van der Waals surface area contributed by atoms with Crippen LogP contribution in [0.15, 0.2) is 0 Å². The average Bonchev–Trinajstić information content (AvgIpc) is 2.52. The van der Waals surface area contributed by atoms with E-state index in [0.29, 0.717) is 32.8 Å². The molecule has 3 fully saturated rings. The first-order chi connectivity index (χ1) is 11.6. The van der Waals surface area contributed by atoms with Crippen LogP contribution in [0.5, 0.6) is 0 Å². The van der Waals surface area contributed by atoms with Crippen LogP contribution in [0.25, 0.3) is 0 Å². The standard InChI is InChI=1S/C15H25F3N4O3/c1-14(2,13(23)24)8-21-3-4-22-9(6-21)7-25-12-11(22)19-5-10(20-12)15(16,17)18/h9-12,19-20H,3-8H2,1-2H3,(H,23,24). The summed E-state index contributed by atoms with van der Waals surface area (Å²) < 4.78 is 44.3. The zero-order valence-electron chi connectivity index (χ0n) is 14.3. The van der Waals surface area contributed by atoms with Gasteiger partial charge in [0.05, 0.1) is 12.0 Å². The monoisotopic (exact) mass is 366 g/mol. The lowest BCUT2D eigenvalue weighted by atomic mass is 9.92. The highest BCUT2D eigenvalue weighted by Gasteiger charge is 2.50. The molecule has 0 spiro atoms. The number of carboxylic acids is 1. The van der Waals surface area contributed by atoms with Gasteiger partial charge in [-0.25, -0.2) is 0 Å². The fourth-order valence-corrected chi connectivity index (χ4v) is 3.77. The van der Waals surface area contributed by atoms with Crippen molar-refractivity contribution in [2.75, 3.05) is 39.3 Å². The number of alkyl halides is 3. The lowest BCUT2D eigenvalue weighted by Crippen LogP contribution is -2.76. The number of nitrogens with one attached hydrogen (secondary N) is 2. The number of halogens is 3. The number of carboxylic acid groups (broad SMARTS) is 1. The van der Waals surface area contributed by atoms with Gasteiger partial charge >= 0.3 is 12.1 Å². The van der Waals surface area contributed by atoms with E-state index in [-0.39, 0.29) is 18.8 Å². The van der Waals surface area contributed by atoms with Crippen LogP contribution < -0.4 is 10.6 Å². The molecule has 3 aliphatic rings. The Hall–Kier alpha value is -0.940. The molecule has 0 radical (unpaired) electrons. The maximum Gasteiger partial charge on any atom is 0.405 e. The smallest absolute Gasteiger partial charge is 0.405 e. The van der Waals surface area contributed by atoms with Crippen molar-refractivity contribution in [1.29, 1.82) is 0 Å². The quantitative estimate of drug-likeness (QED) is 0.643. The zero-order chi connectivity index (χ0) is 18.4. The van der Waals surface area contributed by atoms with Gasteiger partial charge in [0.25, 0.3) is 0 Å². The number of fused-ring (bicyclic) bond motifs is 3. The van der Waals surface area contributed by atoms with Gasteiger partial charge in [0.15, 0.2) is 0 Å². The molecule has 0 aromatic carbocycles. The van der Waals surface area contributed by atoms with Gasteiger partial charge in [-0.1, -0.05) is 0 Å². The van der Waals surface area contributed by atoms with Crippen molar-refractivity contribution in [1.82, 2.24) is 20.4 Å². The molecule has 0 saturated carbocycles. The predicted molar refractivity (Wildman–Crippen MR) is 82.9 cm³/mol.